The lowest BCUT2D eigenvalue weighted by molar-refractivity contribution is 0.00578. The van der Waals surface area contributed by atoms with Gasteiger partial charge in [0.2, 0.25) is 11.5 Å². The van der Waals surface area contributed by atoms with Gasteiger partial charge in [0.1, 0.15) is 0 Å². The molecule has 1 aliphatic carbocycles. The molecule has 1 amide bonds. The first-order chi connectivity index (χ1) is 16.4. The molecule has 2 fully saturated rings. The number of fused-ring (bicyclic) bond motifs is 1. The van der Waals surface area contributed by atoms with Crippen molar-refractivity contribution in [3.05, 3.63) is 63.7 Å². The molecule has 5 rings (SSSR count). The molecule has 2 aliphatic rings. The molecule has 2 aromatic heterocycles. The summed E-state index contributed by atoms with van der Waals surface area (Å²) < 4.78 is 16.5. The van der Waals surface area contributed by atoms with Gasteiger partial charge in [0.15, 0.2) is 0 Å². The van der Waals surface area contributed by atoms with Crippen molar-refractivity contribution in [3.63, 3.8) is 0 Å². The average molecular weight is 477 g/mol. The molecule has 3 heterocycles. The van der Waals surface area contributed by atoms with Crippen LogP contribution in [0.1, 0.15) is 81.0 Å². The number of aromatic nitrogens is 3. The van der Waals surface area contributed by atoms with E-state index in [9.17, 15) is 9.59 Å². The van der Waals surface area contributed by atoms with Crippen LogP contribution in [0.15, 0.2) is 41.3 Å². The zero-order chi connectivity index (χ0) is 25.2. The highest BCUT2D eigenvalue weighted by Crippen LogP contribution is 2.41. The molecule has 1 saturated carbocycles. The van der Waals surface area contributed by atoms with Crippen LogP contribution >= 0.6 is 0 Å². The van der Waals surface area contributed by atoms with Gasteiger partial charge in [-0.2, -0.15) is 5.10 Å². The number of amides is 1. The Labute approximate surface area is 205 Å². The van der Waals surface area contributed by atoms with Crippen molar-refractivity contribution in [1.29, 1.82) is 0 Å². The number of pyridine rings is 1. The second-order valence-corrected chi connectivity index (χ2v) is 11.0. The number of rotatable bonds is 4. The van der Waals surface area contributed by atoms with Crippen LogP contribution in [-0.4, -0.2) is 38.2 Å². The van der Waals surface area contributed by atoms with E-state index in [-0.39, 0.29) is 11.5 Å². The smallest absolute Gasteiger partial charge is 0.464 e. The fourth-order valence-corrected chi connectivity index (χ4v) is 5.60. The van der Waals surface area contributed by atoms with Gasteiger partial charge in [-0.05, 0) is 83.8 Å². The van der Waals surface area contributed by atoms with Crippen molar-refractivity contribution in [2.45, 2.75) is 84.5 Å². The molecule has 3 aromatic rings. The first kappa shape index (κ1) is 23.8. The Hall–Kier alpha value is -2.91. The normalized spacial score (nSPS) is 21.0. The van der Waals surface area contributed by atoms with E-state index in [2.05, 4.69) is 10.3 Å². The molecule has 186 valence electrons. The van der Waals surface area contributed by atoms with Crippen LogP contribution in [0, 0.1) is 13.8 Å². The van der Waals surface area contributed by atoms with E-state index in [1.807, 2.05) is 64.4 Å². The first-order valence-corrected chi connectivity index (χ1v) is 12.5. The predicted octanol–water partition coefficient (Wildman–Crippen LogP) is 4.25. The number of nitrogens with one attached hydrogen (secondary N) is 1. The Kier molecular flexibility index (Phi) is 5.49. The summed E-state index contributed by atoms with van der Waals surface area (Å²) in [6.45, 7) is 8.62. The maximum absolute atomic E-state index is 13.8. The minimum absolute atomic E-state index is 0.288. The summed E-state index contributed by atoms with van der Waals surface area (Å²) >= 11 is 0. The lowest BCUT2D eigenvalue weighted by Gasteiger charge is -2.40. The fourth-order valence-electron chi connectivity index (χ4n) is 5.60. The van der Waals surface area contributed by atoms with Gasteiger partial charge in [-0.1, -0.05) is 18.9 Å². The summed E-state index contributed by atoms with van der Waals surface area (Å²) in [5.41, 5.74) is 1.07. The molecule has 1 N–H and O–H groups in total. The molecule has 0 bridgehead atoms. The van der Waals surface area contributed by atoms with Gasteiger partial charge in [0.25, 0.3) is 0 Å². The quantitative estimate of drug-likeness (QED) is 0.568. The van der Waals surface area contributed by atoms with Crippen LogP contribution in [-0.2, 0) is 9.31 Å². The molecule has 0 atom stereocenters. The number of hydrogen-bond donors (Lipinski definition) is 1. The number of nitrogens with zero attached hydrogens (tertiary/aromatic N) is 3. The van der Waals surface area contributed by atoms with Gasteiger partial charge in [-0.25, -0.2) is 0 Å². The summed E-state index contributed by atoms with van der Waals surface area (Å²) in [5, 5.41) is 8.42. The summed E-state index contributed by atoms with van der Waals surface area (Å²) in [4.78, 5) is 27.0. The second-order valence-electron chi connectivity index (χ2n) is 11.0. The van der Waals surface area contributed by atoms with Crippen molar-refractivity contribution in [1.82, 2.24) is 19.5 Å². The number of benzene rings is 1. The van der Waals surface area contributed by atoms with Crippen molar-refractivity contribution in [3.8, 4) is 0 Å². The van der Waals surface area contributed by atoms with Crippen LogP contribution in [0.4, 0.5) is 0 Å². The lowest BCUT2D eigenvalue weighted by Crippen LogP contribution is -2.66. The topological polar surface area (TPSA) is 87.4 Å². The highest BCUT2D eigenvalue weighted by Gasteiger charge is 2.55. The summed E-state index contributed by atoms with van der Waals surface area (Å²) in [6, 6.07) is 9.42. The van der Waals surface area contributed by atoms with Gasteiger partial charge >= 0.3 is 6.82 Å². The minimum atomic E-state index is -2.69. The molecule has 1 aliphatic heterocycles. The van der Waals surface area contributed by atoms with E-state index in [0.29, 0.717) is 17.3 Å². The molecule has 35 heavy (non-hydrogen) atoms. The zero-order valence-corrected chi connectivity index (χ0v) is 21.4. The van der Waals surface area contributed by atoms with Gasteiger partial charge in [0, 0.05) is 28.2 Å². The Bertz CT molecular complexity index is 1350. The molecule has 9 heteroatoms. The second kappa shape index (κ2) is 8.06. The zero-order valence-electron chi connectivity index (χ0n) is 21.4. The molecule has 0 spiro atoms. The minimum Gasteiger partial charge on any atom is -0.524 e. The van der Waals surface area contributed by atoms with E-state index in [1.165, 1.54) is 23.4 Å². The van der Waals surface area contributed by atoms with Gasteiger partial charge in [-0.15, -0.1) is 0 Å². The standard InChI is InChI=1S/C26H34BN4O4/c1-17-14-18(2)30(23(32)15-17)27(34-25(3,4)26(5,6)35-27)29-24(33)20-12-9-13-22-21(20)16-28-31(22)19-10-7-8-11-19/h9,12-16,19H,7-8,10-11H2,1-6H3,(H,29,33)/q-1. The van der Waals surface area contributed by atoms with E-state index < -0.39 is 18.0 Å². The third-order valence-corrected chi connectivity index (χ3v) is 7.97. The largest absolute Gasteiger partial charge is 0.524 e. The fraction of sp³-hybridized carbons (Fsp3) is 0.500. The molecule has 8 nitrogen and oxygen atoms in total. The van der Waals surface area contributed by atoms with E-state index in [0.717, 1.165) is 29.3 Å². The Balaban J connectivity index is 1.60. The highest BCUT2D eigenvalue weighted by molar-refractivity contribution is 6.67. The van der Waals surface area contributed by atoms with Crippen molar-refractivity contribution < 1.29 is 14.1 Å². The van der Waals surface area contributed by atoms with E-state index in [1.54, 1.807) is 12.3 Å². The molecular weight excluding hydrogens is 443 g/mol. The van der Waals surface area contributed by atoms with Crippen LogP contribution in [0.2, 0.25) is 0 Å². The maximum atomic E-state index is 13.8. The highest BCUT2D eigenvalue weighted by atomic mass is 16.7. The van der Waals surface area contributed by atoms with Crippen LogP contribution < -0.4 is 10.8 Å². The maximum Gasteiger partial charge on any atom is 0.464 e. The number of carbonyl (C=O) groups is 1. The SMILES string of the molecule is Cc1cc(C)n([B-]2(NC(=O)c3cccc4c3cnn4C3CCCC3)OC(C)(C)C(C)(C)O2)c(=O)c1. The summed E-state index contributed by atoms with van der Waals surface area (Å²) in [7, 11) is 0. The van der Waals surface area contributed by atoms with Gasteiger partial charge in [0.05, 0.1) is 17.8 Å². The summed E-state index contributed by atoms with van der Waals surface area (Å²) in [5.74, 6) is -0.373. The molecule has 1 saturated heterocycles. The lowest BCUT2D eigenvalue weighted by atomic mass is 9.85. The Morgan fingerprint density at radius 3 is 2.37 bits per heavy atom. The third kappa shape index (κ3) is 3.81. The van der Waals surface area contributed by atoms with Crippen LogP contribution in [0.25, 0.3) is 10.9 Å². The average Bonchev–Trinajstić information content (AvgIpc) is 3.44. The number of hydrogen-bond acceptors (Lipinski definition) is 5. The van der Waals surface area contributed by atoms with Crippen LogP contribution in [0.5, 0.6) is 0 Å². The molecule has 1 aromatic carbocycles. The number of carbonyl (C=O) groups excluding carboxylic acids is 1. The molecular formula is C26H34BN4O4-. The Morgan fingerprint density at radius 2 is 1.74 bits per heavy atom. The van der Waals surface area contributed by atoms with Crippen LogP contribution in [0.3, 0.4) is 0 Å². The van der Waals surface area contributed by atoms with Gasteiger partial charge in [-0.3, -0.25) is 14.3 Å². The third-order valence-electron chi connectivity index (χ3n) is 7.97. The van der Waals surface area contributed by atoms with Crippen molar-refractivity contribution in [2.75, 3.05) is 0 Å². The Morgan fingerprint density at radius 1 is 1.09 bits per heavy atom. The van der Waals surface area contributed by atoms with E-state index >= 15 is 0 Å². The van der Waals surface area contributed by atoms with Crippen molar-refractivity contribution >= 4 is 23.6 Å². The summed E-state index contributed by atoms with van der Waals surface area (Å²) in [6.07, 6.45) is 6.35. The molecule has 0 radical (unpaired) electrons. The van der Waals surface area contributed by atoms with Gasteiger partial charge < -0.3 is 19.0 Å². The number of aryl methyl sites for hydroxylation is 2. The van der Waals surface area contributed by atoms with E-state index in [4.69, 9.17) is 9.31 Å². The predicted molar refractivity (Wildman–Crippen MR) is 136 cm³/mol. The molecule has 0 unspecified atom stereocenters. The first-order valence-electron chi connectivity index (χ1n) is 12.5. The monoisotopic (exact) mass is 477 g/mol. The van der Waals surface area contributed by atoms with Crippen molar-refractivity contribution in [2.24, 2.45) is 0 Å².